The molecule has 0 fully saturated rings. The Hall–Kier alpha value is -2.37. The van der Waals surface area contributed by atoms with E-state index in [1.807, 2.05) is 30.3 Å². The van der Waals surface area contributed by atoms with Crippen molar-refractivity contribution in [3.63, 3.8) is 0 Å². The lowest BCUT2D eigenvalue weighted by Crippen LogP contribution is -1.94. The van der Waals surface area contributed by atoms with E-state index in [1.165, 1.54) is 0 Å². The van der Waals surface area contributed by atoms with Gasteiger partial charge in [-0.2, -0.15) is 9.50 Å². The third-order valence-electron chi connectivity index (χ3n) is 2.15. The molecule has 0 aliphatic rings. The Bertz CT molecular complexity index is 593. The number of aromatic nitrogens is 5. The minimum Gasteiger partial charge on any atom is -0.366 e. The van der Waals surface area contributed by atoms with Crippen LogP contribution in [0, 0.1) is 0 Å². The van der Waals surface area contributed by atoms with Gasteiger partial charge in [0.15, 0.2) is 5.82 Å². The molecular formula is C9H8N6. The molecule has 0 saturated carbocycles. The Morgan fingerprint density at radius 3 is 2.67 bits per heavy atom. The number of benzene rings is 1. The van der Waals surface area contributed by atoms with Crippen molar-refractivity contribution in [2.24, 2.45) is 0 Å². The molecule has 0 radical (unpaired) electrons. The van der Waals surface area contributed by atoms with Crippen LogP contribution in [0.15, 0.2) is 30.3 Å². The fraction of sp³-hybridized carbons (Fsp3) is 0. The zero-order valence-electron chi connectivity index (χ0n) is 7.75. The first-order chi connectivity index (χ1) is 7.34. The molecule has 0 spiro atoms. The van der Waals surface area contributed by atoms with Gasteiger partial charge in [-0.1, -0.05) is 30.3 Å². The molecule has 0 aliphatic heterocycles. The van der Waals surface area contributed by atoms with Gasteiger partial charge in [-0.05, 0) is 0 Å². The second-order valence-corrected chi connectivity index (χ2v) is 3.13. The zero-order chi connectivity index (χ0) is 10.3. The fourth-order valence-electron chi connectivity index (χ4n) is 1.42. The van der Waals surface area contributed by atoms with Crippen LogP contribution < -0.4 is 5.73 Å². The Morgan fingerprint density at radius 1 is 1.13 bits per heavy atom. The fourth-order valence-corrected chi connectivity index (χ4v) is 1.42. The maximum Gasteiger partial charge on any atom is 0.273 e. The average molecular weight is 200 g/mol. The standard InChI is InChI=1S/C9H8N6/c10-8-12-13-9-11-7(14-15(8)9)6-4-2-1-3-5-6/h1-5H,(H2,10,12)(H,11,13,14). The molecule has 74 valence electrons. The number of aromatic amines is 1. The summed E-state index contributed by atoms with van der Waals surface area (Å²) in [7, 11) is 0. The van der Waals surface area contributed by atoms with Crippen LogP contribution in [0.5, 0.6) is 0 Å². The van der Waals surface area contributed by atoms with E-state index in [1.54, 1.807) is 4.52 Å². The molecule has 6 heteroatoms. The molecular weight excluding hydrogens is 192 g/mol. The number of nitrogens with one attached hydrogen (secondary N) is 1. The van der Waals surface area contributed by atoms with Crippen LogP contribution in [-0.2, 0) is 0 Å². The molecule has 2 aromatic heterocycles. The van der Waals surface area contributed by atoms with Gasteiger partial charge in [0.25, 0.3) is 5.78 Å². The maximum atomic E-state index is 5.59. The Balaban J connectivity index is 2.20. The number of hydrogen-bond donors (Lipinski definition) is 2. The van der Waals surface area contributed by atoms with E-state index in [-0.39, 0.29) is 0 Å². The lowest BCUT2D eigenvalue weighted by Gasteiger charge is -1.93. The van der Waals surface area contributed by atoms with Gasteiger partial charge in [0, 0.05) is 5.56 Å². The van der Waals surface area contributed by atoms with E-state index in [4.69, 9.17) is 5.73 Å². The second kappa shape index (κ2) is 2.81. The lowest BCUT2D eigenvalue weighted by molar-refractivity contribution is 0.975. The summed E-state index contributed by atoms with van der Waals surface area (Å²) in [6, 6.07) is 9.77. The van der Waals surface area contributed by atoms with Crippen molar-refractivity contribution in [3.05, 3.63) is 30.3 Å². The molecule has 1 aromatic carbocycles. The molecule has 3 rings (SSSR count). The highest BCUT2D eigenvalue weighted by atomic mass is 15.4. The molecule has 0 aliphatic carbocycles. The van der Waals surface area contributed by atoms with Crippen LogP contribution in [0.2, 0.25) is 0 Å². The van der Waals surface area contributed by atoms with Gasteiger partial charge in [0.05, 0.1) is 0 Å². The van der Waals surface area contributed by atoms with Crippen LogP contribution >= 0.6 is 0 Å². The number of rotatable bonds is 1. The van der Waals surface area contributed by atoms with Gasteiger partial charge in [-0.3, -0.25) is 5.10 Å². The molecule has 0 bridgehead atoms. The highest BCUT2D eigenvalue weighted by Crippen LogP contribution is 2.15. The molecule has 3 aromatic rings. The number of fused-ring (bicyclic) bond motifs is 1. The monoisotopic (exact) mass is 200 g/mol. The number of H-pyrrole nitrogens is 1. The minimum absolute atomic E-state index is 0.305. The first-order valence-electron chi connectivity index (χ1n) is 4.46. The lowest BCUT2D eigenvalue weighted by atomic mass is 10.2. The number of nitrogens with two attached hydrogens (primary N) is 1. The van der Waals surface area contributed by atoms with Crippen molar-refractivity contribution in [1.82, 2.24) is 24.8 Å². The Labute approximate surface area is 84.8 Å². The summed E-state index contributed by atoms with van der Waals surface area (Å²) >= 11 is 0. The second-order valence-electron chi connectivity index (χ2n) is 3.13. The molecule has 2 heterocycles. The van der Waals surface area contributed by atoms with Gasteiger partial charge >= 0.3 is 0 Å². The summed E-state index contributed by atoms with van der Waals surface area (Å²) in [6.07, 6.45) is 0. The van der Waals surface area contributed by atoms with Crippen LogP contribution in [0.1, 0.15) is 0 Å². The molecule has 0 unspecified atom stereocenters. The topological polar surface area (TPSA) is 84.9 Å². The summed E-state index contributed by atoms with van der Waals surface area (Å²) in [5.41, 5.74) is 6.57. The normalized spacial score (nSPS) is 10.9. The van der Waals surface area contributed by atoms with E-state index in [9.17, 15) is 0 Å². The smallest absolute Gasteiger partial charge is 0.273 e. The van der Waals surface area contributed by atoms with Crippen LogP contribution in [0.25, 0.3) is 17.2 Å². The van der Waals surface area contributed by atoms with E-state index in [2.05, 4.69) is 20.3 Å². The third kappa shape index (κ3) is 1.15. The molecule has 15 heavy (non-hydrogen) atoms. The average Bonchev–Trinajstić information content (AvgIpc) is 2.83. The predicted molar refractivity (Wildman–Crippen MR) is 55.0 cm³/mol. The SMILES string of the molecule is Nc1nnc2nc(-c3ccccc3)[nH]n12. The van der Waals surface area contributed by atoms with Crippen molar-refractivity contribution in [3.8, 4) is 11.4 Å². The molecule has 0 atom stereocenters. The predicted octanol–water partition coefficient (Wildman–Crippen LogP) is 0.702. The molecule has 0 amide bonds. The van der Waals surface area contributed by atoms with Crippen molar-refractivity contribution < 1.29 is 0 Å². The van der Waals surface area contributed by atoms with Crippen molar-refractivity contribution >= 4 is 11.7 Å². The summed E-state index contributed by atoms with van der Waals surface area (Å²) in [5, 5.41) is 10.5. The summed E-state index contributed by atoms with van der Waals surface area (Å²) in [6.45, 7) is 0. The van der Waals surface area contributed by atoms with Crippen molar-refractivity contribution in [2.75, 3.05) is 5.73 Å². The molecule has 0 saturated heterocycles. The van der Waals surface area contributed by atoms with Crippen LogP contribution in [0.3, 0.4) is 0 Å². The van der Waals surface area contributed by atoms with E-state index in [0.29, 0.717) is 11.7 Å². The highest BCUT2D eigenvalue weighted by Gasteiger charge is 2.08. The summed E-state index contributed by atoms with van der Waals surface area (Å²) < 4.78 is 1.54. The van der Waals surface area contributed by atoms with Gasteiger partial charge in [0.1, 0.15) is 0 Å². The van der Waals surface area contributed by atoms with Gasteiger partial charge in [-0.25, -0.2) is 0 Å². The first-order valence-corrected chi connectivity index (χ1v) is 4.46. The highest BCUT2D eigenvalue weighted by molar-refractivity contribution is 5.57. The van der Waals surface area contributed by atoms with E-state index in [0.717, 1.165) is 11.4 Å². The number of nitrogens with zero attached hydrogens (tertiary/aromatic N) is 4. The number of nitrogen functional groups attached to an aromatic ring is 1. The van der Waals surface area contributed by atoms with Gasteiger partial charge in [-0.15, -0.1) is 10.2 Å². The van der Waals surface area contributed by atoms with Crippen molar-refractivity contribution in [1.29, 1.82) is 0 Å². The van der Waals surface area contributed by atoms with Crippen LogP contribution in [0.4, 0.5) is 5.95 Å². The summed E-state index contributed by atoms with van der Waals surface area (Å²) in [4.78, 5) is 4.26. The zero-order valence-corrected chi connectivity index (χ0v) is 7.75. The van der Waals surface area contributed by atoms with E-state index < -0.39 is 0 Å². The van der Waals surface area contributed by atoms with Gasteiger partial charge in [0.2, 0.25) is 5.95 Å². The van der Waals surface area contributed by atoms with Crippen LogP contribution in [-0.4, -0.2) is 24.8 Å². The number of anilines is 1. The molecule has 6 nitrogen and oxygen atoms in total. The van der Waals surface area contributed by atoms with Crippen molar-refractivity contribution in [2.45, 2.75) is 0 Å². The van der Waals surface area contributed by atoms with Gasteiger partial charge < -0.3 is 5.73 Å². The number of hydrogen-bond acceptors (Lipinski definition) is 4. The Kier molecular flexibility index (Phi) is 1.49. The summed E-state index contributed by atoms with van der Waals surface area (Å²) in [5.74, 6) is 1.51. The van der Waals surface area contributed by atoms with E-state index >= 15 is 0 Å². The quantitative estimate of drug-likeness (QED) is 0.605. The third-order valence-corrected chi connectivity index (χ3v) is 2.15. The maximum absolute atomic E-state index is 5.59. The minimum atomic E-state index is 0.305. The molecule has 3 N–H and O–H groups in total. The first kappa shape index (κ1) is 7.98. The largest absolute Gasteiger partial charge is 0.366 e. The Morgan fingerprint density at radius 2 is 1.93 bits per heavy atom.